The van der Waals surface area contributed by atoms with Crippen molar-refractivity contribution in [1.29, 1.82) is 0 Å². The molecule has 0 saturated carbocycles. The summed E-state index contributed by atoms with van der Waals surface area (Å²) in [7, 11) is 1.87. The van der Waals surface area contributed by atoms with Crippen LogP contribution in [0.25, 0.3) is 10.9 Å². The van der Waals surface area contributed by atoms with Gasteiger partial charge in [0.25, 0.3) is 0 Å². The van der Waals surface area contributed by atoms with Gasteiger partial charge in [0.1, 0.15) is 5.82 Å². The third-order valence-corrected chi connectivity index (χ3v) is 1.72. The lowest BCUT2D eigenvalue weighted by Crippen LogP contribution is -1.90. The Morgan fingerprint density at radius 3 is 3.18 bits per heavy atom. The maximum absolute atomic E-state index is 4.17. The molecule has 0 aliphatic heterocycles. The van der Waals surface area contributed by atoms with Gasteiger partial charge in [-0.05, 0) is 12.1 Å². The number of H-pyrrole nitrogens is 1. The standard InChI is InChI=1S/C8H9N3/c1-9-8-6-2-4-10-7(6)3-5-11-8/h2-5,10H,1H3,(H,9,11). The molecule has 0 bridgehead atoms. The summed E-state index contributed by atoms with van der Waals surface area (Å²) in [6.07, 6.45) is 3.69. The van der Waals surface area contributed by atoms with E-state index in [1.807, 2.05) is 25.4 Å². The molecule has 0 aliphatic carbocycles. The third kappa shape index (κ3) is 0.852. The molecule has 3 heteroatoms. The van der Waals surface area contributed by atoms with Crippen molar-refractivity contribution < 1.29 is 0 Å². The van der Waals surface area contributed by atoms with E-state index in [-0.39, 0.29) is 0 Å². The van der Waals surface area contributed by atoms with Crippen molar-refractivity contribution in [2.75, 3.05) is 12.4 Å². The van der Waals surface area contributed by atoms with E-state index in [1.165, 1.54) is 0 Å². The third-order valence-electron chi connectivity index (χ3n) is 1.72. The second-order valence-corrected chi connectivity index (χ2v) is 2.35. The SMILES string of the molecule is CNc1nccc2[nH]ccc12. The van der Waals surface area contributed by atoms with E-state index in [0.29, 0.717) is 0 Å². The maximum atomic E-state index is 4.17. The van der Waals surface area contributed by atoms with Crippen molar-refractivity contribution in [3.63, 3.8) is 0 Å². The van der Waals surface area contributed by atoms with E-state index >= 15 is 0 Å². The van der Waals surface area contributed by atoms with E-state index in [4.69, 9.17) is 0 Å². The second kappa shape index (κ2) is 2.27. The Morgan fingerprint density at radius 1 is 1.45 bits per heavy atom. The first kappa shape index (κ1) is 6.22. The highest BCUT2D eigenvalue weighted by molar-refractivity contribution is 5.89. The Hall–Kier alpha value is -1.51. The molecule has 0 aromatic carbocycles. The van der Waals surface area contributed by atoms with Gasteiger partial charge in [-0.1, -0.05) is 0 Å². The van der Waals surface area contributed by atoms with Crippen LogP contribution in [0.1, 0.15) is 0 Å². The molecule has 0 aliphatic rings. The van der Waals surface area contributed by atoms with Crippen molar-refractivity contribution in [2.24, 2.45) is 0 Å². The lowest BCUT2D eigenvalue weighted by Gasteiger charge is -1.98. The molecule has 0 spiro atoms. The smallest absolute Gasteiger partial charge is 0.135 e. The maximum Gasteiger partial charge on any atom is 0.135 e. The number of nitrogens with one attached hydrogen (secondary N) is 2. The van der Waals surface area contributed by atoms with Crippen LogP contribution in [0.4, 0.5) is 5.82 Å². The zero-order valence-corrected chi connectivity index (χ0v) is 6.26. The zero-order chi connectivity index (χ0) is 7.68. The average Bonchev–Trinajstić information content (AvgIpc) is 2.50. The van der Waals surface area contributed by atoms with E-state index in [2.05, 4.69) is 15.3 Å². The number of nitrogens with zero attached hydrogens (tertiary/aromatic N) is 1. The van der Waals surface area contributed by atoms with Gasteiger partial charge >= 0.3 is 0 Å². The summed E-state index contributed by atoms with van der Waals surface area (Å²) in [5.41, 5.74) is 1.12. The van der Waals surface area contributed by atoms with E-state index in [1.54, 1.807) is 6.20 Å². The summed E-state index contributed by atoms with van der Waals surface area (Å²) in [6, 6.07) is 3.96. The molecule has 2 rings (SSSR count). The fourth-order valence-electron chi connectivity index (χ4n) is 1.18. The van der Waals surface area contributed by atoms with Gasteiger partial charge in [0.2, 0.25) is 0 Å². The highest BCUT2D eigenvalue weighted by atomic mass is 15.0. The van der Waals surface area contributed by atoms with Gasteiger partial charge in [0.15, 0.2) is 0 Å². The molecule has 0 fully saturated rings. The average molecular weight is 147 g/mol. The van der Waals surface area contributed by atoms with Crippen LogP contribution in [0.15, 0.2) is 24.5 Å². The van der Waals surface area contributed by atoms with E-state index in [0.717, 1.165) is 16.7 Å². The molecular weight excluding hydrogens is 138 g/mol. The highest BCUT2D eigenvalue weighted by Crippen LogP contribution is 2.18. The van der Waals surface area contributed by atoms with Crippen LogP contribution in [0.5, 0.6) is 0 Å². The number of hydrogen-bond acceptors (Lipinski definition) is 2. The Balaban J connectivity index is 2.79. The number of anilines is 1. The number of rotatable bonds is 1. The first-order valence-electron chi connectivity index (χ1n) is 3.51. The van der Waals surface area contributed by atoms with Crippen LogP contribution in [0, 0.1) is 0 Å². The summed E-state index contributed by atoms with van der Waals surface area (Å²) in [5.74, 6) is 0.920. The molecule has 11 heavy (non-hydrogen) atoms. The molecule has 2 heterocycles. The monoisotopic (exact) mass is 147 g/mol. The lowest BCUT2D eigenvalue weighted by atomic mass is 10.3. The molecular formula is C8H9N3. The summed E-state index contributed by atoms with van der Waals surface area (Å²) in [4.78, 5) is 7.28. The van der Waals surface area contributed by atoms with Gasteiger partial charge in [-0.3, -0.25) is 0 Å². The quantitative estimate of drug-likeness (QED) is 0.643. The normalized spacial score (nSPS) is 10.3. The van der Waals surface area contributed by atoms with Crippen LogP contribution in [-0.2, 0) is 0 Å². The van der Waals surface area contributed by atoms with Gasteiger partial charge in [0, 0.05) is 24.8 Å². The summed E-state index contributed by atoms with van der Waals surface area (Å²) >= 11 is 0. The largest absolute Gasteiger partial charge is 0.373 e. The number of aromatic nitrogens is 2. The van der Waals surface area contributed by atoms with Crippen molar-refractivity contribution >= 4 is 16.7 Å². The van der Waals surface area contributed by atoms with Gasteiger partial charge in [-0.15, -0.1) is 0 Å². The van der Waals surface area contributed by atoms with Crippen molar-refractivity contribution in [1.82, 2.24) is 9.97 Å². The lowest BCUT2D eigenvalue weighted by molar-refractivity contribution is 1.31. The predicted molar refractivity (Wildman–Crippen MR) is 45.6 cm³/mol. The molecule has 0 atom stereocenters. The minimum Gasteiger partial charge on any atom is -0.373 e. The first-order chi connectivity index (χ1) is 5.42. The van der Waals surface area contributed by atoms with E-state index < -0.39 is 0 Å². The molecule has 0 saturated heterocycles. The van der Waals surface area contributed by atoms with Gasteiger partial charge in [-0.2, -0.15) is 0 Å². The van der Waals surface area contributed by atoms with Crippen molar-refractivity contribution in [2.45, 2.75) is 0 Å². The van der Waals surface area contributed by atoms with Crippen LogP contribution >= 0.6 is 0 Å². The van der Waals surface area contributed by atoms with Crippen LogP contribution in [0.2, 0.25) is 0 Å². The van der Waals surface area contributed by atoms with Gasteiger partial charge < -0.3 is 10.3 Å². The molecule has 2 N–H and O–H groups in total. The summed E-state index contributed by atoms with van der Waals surface area (Å²) in [6.45, 7) is 0. The second-order valence-electron chi connectivity index (χ2n) is 2.35. The van der Waals surface area contributed by atoms with Crippen LogP contribution < -0.4 is 5.32 Å². The molecule has 0 unspecified atom stereocenters. The van der Waals surface area contributed by atoms with Crippen molar-refractivity contribution in [3.05, 3.63) is 24.5 Å². The Kier molecular flexibility index (Phi) is 1.28. The summed E-state index contributed by atoms with van der Waals surface area (Å²) < 4.78 is 0. The molecule has 2 aromatic heterocycles. The van der Waals surface area contributed by atoms with Crippen LogP contribution in [-0.4, -0.2) is 17.0 Å². The predicted octanol–water partition coefficient (Wildman–Crippen LogP) is 1.60. The number of aromatic amines is 1. The fourth-order valence-corrected chi connectivity index (χ4v) is 1.18. The van der Waals surface area contributed by atoms with Crippen molar-refractivity contribution in [3.8, 4) is 0 Å². The molecule has 3 nitrogen and oxygen atoms in total. The zero-order valence-electron chi connectivity index (χ0n) is 6.26. The topological polar surface area (TPSA) is 40.7 Å². The highest BCUT2D eigenvalue weighted by Gasteiger charge is 1.98. The molecule has 56 valence electrons. The Bertz CT molecular complexity index is 364. The summed E-state index contributed by atoms with van der Waals surface area (Å²) in [5, 5.41) is 4.16. The minimum absolute atomic E-state index is 0.920. The molecule has 2 aromatic rings. The number of hydrogen-bond donors (Lipinski definition) is 2. The number of pyridine rings is 1. The van der Waals surface area contributed by atoms with Crippen LogP contribution in [0.3, 0.4) is 0 Å². The molecule has 0 radical (unpaired) electrons. The Labute approximate surface area is 64.5 Å². The fraction of sp³-hybridized carbons (Fsp3) is 0.125. The number of fused-ring (bicyclic) bond motifs is 1. The van der Waals surface area contributed by atoms with Gasteiger partial charge in [-0.25, -0.2) is 4.98 Å². The minimum atomic E-state index is 0.920. The van der Waals surface area contributed by atoms with E-state index in [9.17, 15) is 0 Å². The first-order valence-corrected chi connectivity index (χ1v) is 3.51. The molecule has 0 amide bonds. The van der Waals surface area contributed by atoms with Gasteiger partial charge in [0.05, 0.1) is 5.52 Å². The Morgan fingerprint density at radius 2 is 2.36 bits per heavy atom.